The zero-order valence-electron chi connectivity index (χ0n) is 12.8. The van der Waals surface area contributed by atoms with E-state index in [4.69, 9.17) is 16.3 Å². The molecule has 0 saturated carbocycles. The molecule has 6 nitrogen and oxygen atoms in total. The fraction of sp³-hybridized carbons (Fsp3) is 0.267. The molecule has 0 fully saturated rings. The van der Waals surface area contributed by atoms with Crippen molar-refractivity contribution >= 4 is 34.1 Å². The van der Waals surface area contributed by atoms with Crippen LogP contribution in [-0.2, 0) is 7.05 Å². The molecule has 0 spiro atoms. The van der Waals surface area contributed by atoms with Gasteiger partial charge in [-0.05, 0) is 37.1 Å². The van der Waals surface area contributed by atoms with Crippen molar-refractivity contribution < 1.29 is 4.74 Å². The van der Waals surface area contributed by atoms with Crippen LogP contribution in [0.3, 0.4) is 0 Å². The molecule has 0 aliphatic carbocycles. The Labute approximate surface area is 133 Å². The van der Waals surface area contributed by atoms with Gasteiger partial charge in [0.2, 0.25) is 5.28 Å². The standard InChI is InChI=1S/C15H16ClN5O/c1-8-5-6-11(22-4)9(2)12(8)18-13-10-7-17-15(16)19-14(10)21(3)20-13/h5-7H,1-4H3,(H,18,20). The van der Waals surface area contributed by atoms with E-state index < -0.39 is 0 Å². The number of rotatable bonds is 3. The van der Waals surface area contributed by atoms with Crippen LogP contribution >= 0.6 is 11.6 Å². The van der Waals surface area contributed by atoms with Crippen LogP contribution in [-0.4, -0.2) is 26.9 Å². The molecule has 1 aromatic carbocycles. The van der Waals surface area contributed by atoms with Crippen molar-refractivity contribution in [2.24, 2.45) is 7.05 Å². The molecule has 1 N–H and O–H groups in total. The average Bonchev–Trinajstić information content (AvgIpc) is 2.79. The van der Waals surface area contributed by atoms with Gasteiger partial charge in [0.1, 0.15) is 5.75 Å². The number of anilines is 2. The lowest BCUT2D eigenvalue weighted by Crippen LogP contribution is -2.00. The molecule has 0 radical (unpaired) electrons. The molecule has 3 aromatic rings. The van der Waals surface area contributed by atoms with Crippen LogP contribution in [0.5, 0.6) is 5.75 Å². The Bertz CT molecular complexity index is 859. The van der Waals surface area contributed by atoms with Gasteiger partial charge in [-0.2, -0.15) is 10.1 Å². The minimum atomic E-state index is 0.204. The van der Waals surface area contributed by atoms with Crippen LogP contribution in [0, 0.1) is 13.8 Å². The summed E-state index contributed by atoms with van der Waals surface area (Å²) in [6, 6.07) is 3.96. The fourth-order valence-electron chi connectivity index (χ4n) is 2.47. The Morgan fingerprint density at radius 2 is 2.05 bits per heavy atom. The summed E-state index contributed by atoms with van der Waals surface area (Å²) < 4.78 is 7.06. The Morgan fingerprint density at radius 3 is 2.77 bits per heavy atom. The van der Waals surface area contributed by atoms with Gasteiger partial charge in [0.25, 0.3) is 0 Å². The lowest BCUT2D eigenvalue weighted by Gasteiger charge is -2.14. The van der Waals surface area contributed by atoms with Crippen molar-refractivity contribution in [3.8, 4) is 5.75 Å². The average molecular weight is 318 g/mol. The van der Waals surface area contributed by atoms with Crippen molar-refractivity contribution in [2.75, 3.05) is 12.4 Å². The van der Waals surface area contributed by atoms with Crippen LogP contribution in [0.25, 0.3) is 11.0 Å². The highest BCUT2D eigenvalue weighted by atomic mass is 35.5. The van der Waals surface area contributed by atoms with E-state index in [-0.39, 0.29) is 5.28 Å². The largest absolute Gasteiger partial charge is 0.496 e. The third-order valence-electron chi connectivity index (χ3n) is 3.64. The molecule has 2 aromatic heterocycles. The predicted octanol–water partition coefficient (Wildman–Crippen LogP) is 3.39. The van der Waals surface area contributed by atoms with E-state index in [9.17, 15) is 0 Å². The summed E-state index contributed by atoms with van der Waals surface area (Å²) in [5.74, 6) is 1.52. The van der Waals surface area contributed by atoms with E-state index >= 15 is 0 Å². The van der Waals surface area contributed by atoms with Gasteiger partial charge in [-0.1, -0.05) is 6.07 Å². The molecule has 7 heteroatoms. The minimum Gasteiger partial charge on any atom is -0.496 e. The van der Waals surface area contributed by atoms with E-state index in [0.29, 0.717) is 11.5 Å². The van der Waals surface area contributed by atoms with Gasteiger partial charge < -0.3 is 10.1 Å². The molecule has 114 valence electrons. The number of nitrogens with zero attached hydrogens (tertiary/aromatic N) is 4. The summed E-state index contributed by atoms with van der Waals surface area (Å²) in [5, 5.41) is 8.85. The zero-order valence-corrected chi connectivity index (χ0v) is 13.6. The molecule has 0 unspecified atom stereocenters. The molecule has 22 heavy (non-hydrogen) atoms. The molecule has 2 heterocycles. The third kappa shape index (κ3) is 2.35. The molecule has 0 aliphatic heterocycles. The number of aryl methyl sites for hydroxylation is 2. The Kier molecular flexibility index (Phi) is 3.62. The SMILES string of the molecule is COc1ccc(C)c(Nc2nn(C)c3nc(Cl)ncc23)c1C. The second-order valence-electron chi connectivity index (χ2n) is 5.06. The monoisotopic (exact) mass is 317 g/mol. The number of hydrogen-bond acceptors (Lipinski definition) is 5. The third-order valence-corrected chi connectivity index (χ3v) is 3.82. The molecule has 0 bridgehead atoms. The van der Waals surface area contributed by atoms with Crippen molar-refractivity contribution in [3.05, 3.63) is 34.7 Å². The quantitative estimate of drug-likeness (QED) is 0.750. The van der Waals surface area contributed by atoms with Gasteiger partial charge in [0, 0.05) is 24.5 Å². The molecule has 0 aliphatic rings. The number of methoxy groups -OCH3 is 1. The van der Waals surface area contributed by atoms with E-state index in [0.717, 1.165) is 28.0 Å². The highest BCUT2D eigenvalue weighted by Gasteiger charge is 2.14. The van der Waals surface area contributed by atoms with Crippen molar-refractivity contribution in [2.45, 2.75) is 13.8 Å². The number of aromatic nitrogens is 4. The maximum atomic E-state index is 5.85. The number of hydrogen-bond donors (Lipinski definition) is 1. The maximum absolute atomic E-state index is 5.85. The summed E-state index contributed by atoms with van der Waals surface area (Å²) in [6.45, 7) is 4.04. The summed E-state index contributed by atoms with van der Waals surface area (Å²) in [6.07, 6.45) is 1.67. The van der Waals surface area contributed by atoms with Crippen molar-refractivity contribution in [1.29, 1.82) is 0 Å². The van der Waals surface area contributed by atoms with E-state index in [1.807, 2.05) is 33.0 Å². The second kappa shape index (κ2) is 5.46. The minimum absolute atomic E-state index is 0.204. The predicted molar refractivity (Wildman–Crippen MR) is 87.1 cm³/mol. The summed E-state index contributed by atoms with van der Waals surface area (Å²) >= 11 is 5.85. The molecule has 0 amide bonds. The Morgan fingerprint density at radius 1 is 1.27 bits per heavy atom. The highest BCUT2D eigenvalue weighted by molar-refractivity contribution is 6.28. The molecular formula is C15H16ClN5O. The first-order valence-electron chi connectivity index (χ1n) is 6.77. The van der Waals surface area contributed by atoms with Crippen LogP contribution in [0.2, 0.25) is 5.28 Å². The first-order valence-corrected chi connectivity index (χ1v) is 7.15. The lowest BCUT2D eigenvalue weighted by molar-refractivity contribution is 0.412. The second-order valence-corrected chi connectivity index (χ2v) is 5.40. The van der Waals surface area contributed by atoms with Crippen LogP contribution < -0.4 is 10.1 Å². The van der Waals surface area contributed by atoms with Crippen molar-refractivity contribution in [3.63, 3.8) is 0 Å². The Balaban J connectivity index is 2.11. The van der Waals surface area contributed by atoms with Gasteiger partial charge in [0.05, 0.1) is 12.5 Å². The highest BCUT2D eigenvalue weighted by Crippen LogP contribution is 2.32. The van der Waals surface area contributed by atoms with Gasteiger partial charge in [-0.25, -0.2) is 9.67 Å². The fourth-order valence-corrected chi connectivity index (χ4v) is 2.60. The first-order chi connectivity index (χ1) is 10.5. The van der Waals surface area contributed by atoms with Crippen LogP contribution in [0.15, 0.2) is 18.3 Å². The molecule has 0 atom stereocenters. The van der Waals surface area contributed by atoms with Gasteiger partial charge in [0.15, 0.2) is 11.5 Å². The lowest BCUT2D eigenvalue weighted by atomic mass is 10.1. The summed E-state index contributed by atoms with van der Waals surface area (Å²) in [7, 11) is 3.48. The maximum Gasteiger partial charge on any atom is 0.224 e. The van der Waals surface area contributed by atoms with Crippen LogP contribution in [0.4, 0.5) is 11.5 Å². The van der Waals surface area contributed by atoms with Gasteiger partial charge >= 0.3 is 0 Å². The summed E-state index contributed by atoms with van der Waals surface area (Å²) in [4.78, 5) is 8.24. The van der Waals surface area contributed by atoms with Crippen molar-refractivity contribution in [1.82, 2.24) is 19.7 Å². The number of benzene rings is 1. The molecule has 3 rings (SSSR count). The Hall–Kier alpha value is -2.34. The van der Waals surface area contributed by atoms with E-state index in [1.54, 1.807) is 18.0 Å². The molecule has 0 saturated heterocycles. The first kappa shape index (κ1) is 14.6. The number of halogens is 1. The van der Waals surface area contributed by atoms with E-state index in [1.165, 1.54) is 0 Å². The zero-order chi connectivity index (χ0) is 15.9. The van der Waals surface area contributed by atoms with Gasteiger partial charge in [-0.15, -0.1) is 0 Å². The molecular weight excluding hydrogens is 302 g/mol. The van der Waals surface area contributed by atoms with Gasteiger partial charge in [-0.3, -0.25) is 0 Å². The number of fused-ring (bicyclic) bond motifs is 1. The smallest absolute Gasteiger partial charge is 0.224 e. The topological polar surface area (TPSA) is 64.9 Å². The van der Waals surface area contributed by atoms with E-state index in [2.05, 4.69) is 20.4 Å². The number of ether oxygens (including phenoxy) is 1. The van der Waals surface area contributed by atoms with Crippen LogP contribution in [0.1, 0.15) is 11.1 Å². The number of nitrogens with one attached hydrogen (secondary N) is 1. The summed E-state index contributed by atoms with van der Waals surface area (Å²) in [5.41, 5.74) is 3.78. The normalized spacial score (nSPS) is 11.0.